The Morgan fingerprint density at radius 3 is 2.53 bits per heavy atom. The molecule has 32 heavy (non-hydrogen) atoms. The summed E-state index contributed by atoms with van der Waals surface area (Å²) in [4.78, 5) is 31.3. The van der Waals surface area contributed by atoms with Crippen molar-refractivity contribution in [3.05, 3.63) is 78.2 Å². The monoisotopic (exact) mass is 452 g/mol. The van der Waals surface area contributed by atoms with Crippen molar-refractivity contribution in [2.24, 2.45) is 4.99 Å². The normalized spacial score (nSPS) is 16.0. The highest BCUT2D eigenvalue weighted by Gasteiger charge is 2.33. The Hall–Kier alpha value is -3.46. The molecule has 1 unspecified atom stereocenters. The van der Waals surface area contributed by atoms with E-state index in [0.29, 0.717) is 26.4 Å². The molecule has 0 fully saturated rings. The molecule has 0 saturated heterocycles. The molecule has 1 aliphatic rings. The van der Waals surface area contributed by atoms with Crippen LogP contribution in [0.5, 0.6) is 5.75 Å². The Kier molecular flexibility index (Phi) is 5.84. The molecule has 3 aromatic rings. The smallest absolute Gasteiger partial charge is 0.338 e. The highest BCUT2D eigenvalue weighted by molar-refractivity contribution is 7.07. The van der Waals surface area contributed by atoms with Crippen molar-refractivity contribution in [3.8, 4) is 5.75 Å². The first-order valence-corrected chi connectivity index (χ1v) is 11.0. The van der Waals surface area contributed by atoms with Crippen molar-refractivity contribution < 1.29 is 14.3 Å². The van der Waals surface area contributed by atoms with E-state index in [9.17, 15) is 9.59 Å². The van der Waals surface area contributed by atoms with Crippen LogP contribution in [0.1, 0.15) is 36.7 Å². The van der Waals surface area contributed by atoms with Gasteiger partial charge >= 0.3 is 5.97 Å². The summed E-state index contributed by atoms with van der Waals surface area (Å²) in [5.41, 5.74) is 3.14. The largest absolute Gasteiger partial charge is 0.497 e. The van der Waals surface area contributed by atoms with Crippen molar-refractivity contribution in [3.63, 3.8) is 0 Å². The fourth-order valence-electron chi connectivity index (χ4n) is 3.77. The number of nitrogens with zero attached hydrogens (tertiary/aromatic N) is 4. The molecule has 1 atom stereocenters. The van der Waals surface area contributed by atoms with Crippen LogP contribution >= 0.6 is 11.3 Å². The molecule has 0 radical (unpaired) electrons. The number of carbonyl (C=O) groups excluding carboxylic acids is 1. The van der Waals surface area contributed by atoms with Crippen molar-refractivity contribution in [2.45, 2.75) is 33.4 Å². The second-order valence-corrected chi connectivity index (χ2v) is 8.38. The number of hydrogen-bond acceptors (Lipinski definition) is 7. The second-order valence-electron chi connectivity index (χ2n) is 7.37. The molecule has 0 spiro atoms. The standard InChI is InChI=1S/C23H24N4O4S/c1-6-26-12-16(13(2)25-26)11-18-21(28)27-20(15-7-9-17(30-4)10-8-15)19(22(29)31-5)14(3)24-23(27)32-18/h7-12,20H,6H2,1-5H3/b18-11-. The zero-order valence-corrected chi connectivity index (χ0v) is 19.4. The van der Waals surface area contributed by atoms with Gasteiger partial charge in [-0.1, -0.05) is 23.5 Å². The molecule has 0 amide bonds. The van der Waals surface area contributed by atoms with Gasteiger partial charge in [-0.05, 0) is 44.5 Å². The lowest BCUT2D eigenvalue weighted by Crippen LogP contribution is -2.39. The number of allylic oxidation sites excluding steroid dienone is 1. The van der Waals surface area contributed by atoms with E-state index in [1.54, 1.807) is 30.7 Å². The molecular weight excluding hydrogens is 428 g/mol. The zero-order valence-electron chi connectivity index (χ0n) is 18.6. The molecule has 8 nitrogen and oxygen atoms in total. The molecule has 0 N–H and O–H groups in total. The molecule has 4 rings (SSSR count). The van der Waals surface area contributed by atoms with E-state index in [-0.39, 0.29) is 5.56 Å². The summed E-state index contributed by atoms with van der Waals surface area (Å²) >= 11 is 1.29. The van der Waals surface area contributed by atoms with E-state index in [0.717, 1.165) is 23.4 Å². The maximum Gasteiger partial charge on any atom is 0.338 e. The first kappa shape index (κ1) is 21.8. The molecule has 1 aromatic carbocycles. The van der Waals surface area contributed by atoms with Crippen LogP contribution in [0.2, 0.25) is 0 Å². The summed E-state index contributed by atoms with van der Waals surface area (Å²) in [6.45, 7) is 6.43. The van der Waals surface area contributed by atoms with Crippen molar-refractivity contribution in [1.82, 2.24) is 14.3 Å². The number of aromatic nitrogens is 3. The van der Waals surface area contributed by atoms with E-state index < -0.39 is 12.0 Å². The summed E-state index contributed by atoms with van der Waals surface area (Å²) in [6, 6.07) is 6.65. The van der Waals surface area contributed by atoms with Gasteiger partial charge in [-0.15, -0.1) is 0 Å². The van der Waals surface area contributed by atoms with Crippen LogP contribution in [0, 0.1) is 6.92 Å². The van der Waals surface area contributed by atoms with Crippen molar-refractivity contribution in [2.75, 3.05) is 14.2 Å². The van der Waals surface area contributed by atoms with Gasteiger partial charge in [0.15, 0.2) is 4.80 Å². The van der Waals surface area contributed by atoms with Gasteiger partial charge in [-0.25, -0.2) is 9.79 Å². The topological polar surface area (TPSA) is 87.7 Å². The number of esters is 1. The van der Waals surface area contributed by atoms with E-state index in [1.165, 1.54) is 18.4 Å². The lowest BCUT2D eigenvalue weighted by Gasteiger charge is -2.24. The summed E-state index contributed by atoms with van der Waals surface area (Å²) in [6.07, 6.45) is 3.75. The van der Waals surface area contributed by atoms with Gasteiger partial charge in [0.05, 0.1) is 41.8 Å². The van der Waals surface area contributed by atoms with Crippen molar-refractivity contribution in [1.29, 1.82) is 0 Å². The minimum atomic E-state index is -0.647. The lowest BCUT2D eigenvalue weighted by molar-refractivity contribution is -0.136. The minimum absolute atomic E-state index is 0.216. The average molecular weight is 453 g/mol. The third kappa shape index (κ3) is 3.69. The fourth-order valence-corrected chi connectivity index (χ4v) is 4.81. The van der Waals surface area contributed by atoms with Crippen LogP contribution in [0.25, 0.3) is 6.08 Å². The van der Waals surface area contributed by atoms with E-state index in [4.69, 9.17) is 9.47 Å². The maximum absolute atomic E-state index is 13.5. The van der Waals surface area contributed by atoms with Crippen molar-refractivity contribution >= 4 is 23.4 Å². The van der Waals surface area contributed by atoms with Gasteiger partial charge in [0, 0.05) is 18.3 Å². The van der Waals surface area contributed by atoms with Crippen LogP contribution in [-0.2, 0) is 16.1 Å². The molecule has 0 aliphatic carbocycles. The number of methoxy groups -OCH3 is 2. The highest BCUT2D eigenvalue weighted by atomic mass is 32.1. The fraction of sp³-hybridized carbons (Fsp3) is 0.304. The molecule has 9 heteroatoms. The number of rotatable bonds is 5. The number of thiazole rings is 1. The summed E-state index contributed by atoms with van der Waals surface area (Å²) in [5, 5.41) is 4.45. The summed E-state index contributed by atoms with van der Waals surface area (Å²) in [7, 11) is 2.91. The number of ether oxygens (including phenoxy) is 2. The van der Waals surface area contributed by atoms with Gasteiger partial charge in [0.1, 0.15) is 5.75 Å². The van der Waals surface area contributed by atoms with Crippen LogP contribution in [-0.4, -0.2) is 34.5 Å². The Morgan fingerprint density at radius 2 is 1.94 bits per heavy atom. The van der Waals surface area contributed by atoms with Crippen LogP contribution in [0.3, 0.4) is 0 Å². The third-order valence-corrected chi connectivity index (χ3v) is 6.44. The van der Waals surface area contributed by atoms with E-state index in [1.807, 2.05) is 42.9 Å². The Balaban J connectivity index is 1.95. The summed E-state index contributed by atoms with van der Waals surface area (Å²) < 4.78 is 14.2. The lowest BCUT2D eigenvalue weighted by atomic mass is 9.96. The Labute approximate surface area is 188 Å². The first-order valence-electron chi connectivity index (χ1n) is 10.2. The molecule has 3 heterocycles. The molecular formula is C23H24N4O4S. The van der Waals surface area contributed by atoms with Gasteiger partial charge in [0.25, 0.3) is 5.56 Å². The number of hydrogen-bond donors (Lipinski definition) is 0. The van der Waals surface area contributed by atoms with Gasteiger partial charge < -0.3 is 9.47 Å². The highest BCUT2D eigenvalue weighted by Crippen LogP contribution is 2.31. The third-order valence-electron chi connectivity index (χ3n) is 5.45. The molecule has 1 aliphatic heterocycles. The summed E-state index contributed by atoms with van der Waals surface area (Å²) in [5.74, 6) is 0.173. The van der Waals surface area contributed by atoms with Gasteiger partial charge in [-0.3, -0.25) is 14.0 Å². The Bertz CT molecular complexity index is 1390. The SMILES string of the molecule is CCn1cc(/C=c2\sc3n(c2=O)C(c2ccc(OC)cc2)C(C(=O)OC)=C(C)N=3)c(C)n1. The van der Waals surface area contributed by atoms with E-state index >= 15 is 0 Å². The number of carbonyl (C=O) groups is 1. The van der Waals surface area contributed by atoms with Crippen LogP contribution < -0.4 is 19.6 Å². The molecule has 2 aromatic heterocycles. The van der Waals surface area contributed by atoms with Crippen LogP contribution in [0.4, 0.5) is 0 Å². The maximum atomic E-state index is 13.5. The molecule has 0 saturated carbocycles. The second kappa shape index (κ2) is 8.58. The van der Waals surface area contributed by atoms with Crippen LogP contribution in [0.15, 0.2) is 51.5 Å². The molecule has 0 bridgehead atoms. The minimum Gasteiger partial charge on any atom is -0.497 e. The first-order chi connectivity index (χ1) is 15.4. The predicted molar refractivity (Wildman–Crippen MR) is 121 cm³/mol. The average Bonchev–Trinajstić information content (AvgIpc) is 3.31. The van der Waals surface area contributed by atoms with Gasteiger partial charge in [0.2, 0.25) is 0 Å². The van der Waals surface area contributed by atoms with Gasteiger partial charge in [-0.2, -0.15) is 5.10 Å². The number of aryl methyl sites for hydroxylation is 2. The number of benzene rings is 1. The Morgan fingerprint density at radius 1 is 1.22 bits per heavy atom. The quantitative estimate of drug-likeness (QED) is 0.552. The zero-order chi connectivity index (χ0) is 23.0. The predicted octanol–water partition coefficient (Wildman–Crippen LogP) is 1.94. The molecule has 166 valence electrons. The van der Waals surface area contributed by atoms with E-state index in [2.05, 4.69) is 10.1 Å². The number of fused-ring (bicyclic) bond motifs is 1.